The summed E-state index contributed by atoms with van der Waals surface area (Å²) in [5.74, 6) is 0.281. The van der Waals surface area contributed by atoms with E-state index in [4.69, 9.17) is 60.2 Å². The van der Waals surface area contributed by atoms with Crippen molar-refractivity contribution in [1.29, 1.82) is 0 Å². The van der Waals surface area contributed by atoms with Crippen molar-refractivity contribution in [2.75, 3.05) is 14.2 Å². The number of benzene rings is 1. The molecule has 16 heavy (non-hydrogen) atoms. The average molecular weight is 322 g/mol. The third-order valence-corrected chi connectivity index (χ3v) is 5.37. The van der Waals surface area contributed by atoms with Gasteiger partial charge in [-0.05, 0) is 12.1 Å². The predicted octanol–water partition coefficient (Wildman–Crippen LogP) is 4.54. The van der Waals surface area contributed by atoms with Gasteiger partial charge in [0.25, 0.3) is 0 Å². The van der Waals surface area contributed by atoms with Gasteiger partial charge in [-0.2, -0.15) is 0 Å². The van der Waals surface area contributed by atoms with Crippen LogP contribution < -0.4 is 4.52 Å². The van der Waals surface area contributed by atoms with Crippen LogP contribution in [0.1, 0.15) is 0 Å². The molecule has 0 aliphatic heterocycles. The summed E-state index contributed by atoms with van der Waals surface area (Å²) < 4.78 is 15.3. The Morgan fingerprint density at radius 3 is 2.12 bits per heavy atom. The predicted molar refractivity (Wildman–Crippen MR) is 70.4 cm³/mol. The first-order valence-electron chi connectivity index (χ1n) is 3.98. The lowest BCUT2D eigenvalue weighted by Gasteiger charge is -2.19. The van der Waals surface area contributed by atoms with Crippen LogP contribution in [-0.4, -0.2) is 14.2 Å². The molecule has 0 fully saturated rings. The molecule has 0 saturated heterocycles. The smallest absolute Gasteiger partial charge is 0.380 e. The van der Waals surface area contributed by atoms with Crippen LogP contribution in [-0.2, 0) is 20.9 Å². The molecule has 0 saturated carbocycles. The average Bonchev–Trinajstić information content (AvgIpc) is 2.30. The van der Waals surface area contributed by atoms with E-state index in [-0.39, 0.29) is 15.8 Å². The molecule has 90 valence electrons. The van der Waals surface area contributed by atoms with E-state index >= 15 is 0 Å². The minimum atomic E-state index is -2.82. The van der Waals surface area contributed by atoms with Gasteiger partial charge >= 0.3 is 6.72 Å². The Morgan fingerprint density at radius 1 is 1.06 bits per heavy atom. The molecule has 0 aliphatic carbocycles. The molecule has 0 aromatic heterocycles. The molecular formula is C8H8Cl3O3PS. The van der Waals surface area contributed by atoms with E-state index in [1.54, 1.807) is 12.1 Å². The highest BCUT2D eigenvalue weighted by Crippen LogP contribution is 2.51. The first-order chi connectivity index (χ1) is 7.43. The van der Waals surface area contributed by atoms with Gasteiger partial charge in [0.2, 0.25) is 0 Å². The zero-order valence-electron chi connectivity index (χ0n) is 8.37. The normalized spacial score (nSPS) is 11.6. The van der Waals surface area contributed by atoms with Gasteiger partial charge in [0, 0.05) is 26.0 Å². The van der Waals surface area contributed by atoms with Gasteiger partial charge in [-0.25, -0.2) is 0 Å². The summed E-state index contributed by atoms with van der Waals surface area (Å²) in [6.45, 7) is -2.82. The van der Waals surface area contributed by atoms with Crippen molar-refractivity contribution < 1.29 is 13.6 Å². The molecule has 0 radical (unpaired) electrons. The number of hydrogen-bond donors (Lipinski definition) is 0. The summed E-state index contributed by atoms with van der Waals surface area (Å²) in [5, 5.41) is 0.717. The standard InChI is InChI=1S/C8H8Cl3O3PS/c1-12-15(16,13-2)14-6-4-3-5(9)7(10)8(6)11/h3-4H,1-2H3. The molecule has 0 aliphatic rings. The summed E-state index contributed by atoms with van der Waals surface area (Å²) in [6, 6.07) is 3.10. The molecule has 0 atom stereocenters. The van der Waals surface area contributed by atoms with Gasteiger partial charge in [0.15, 0.2) is 0 Å². The van der Waals surface area contributed by atoms with Gasteiger partial charge < -0.3 is 13.6 Å². The lowest BCUT2D eigenvalue weighted by atomic mass is 10.3. The molecule has 0 spiro atoms. The van der Waals surface area contributed by atoms with Crippen LogP contribution in [0.25, 0.3) is 0 Å². The fraction of sp³-hybridized carbons (Fsp3) is 0.250. The monoisotopic (exact) mass is 320 g/mol. The van der Waals surface area contributed by atoms with E-state index in [1.807, 2.05) is 0 Å². The van der Waals surface area contributed by atoms with Crippen LogP contribution in [0.15, 0.2) is 12.1 Å². The summed E-state index contributed by atoms with van der Waals surface area (Å²) >= 11 is 22.6. The van der Waals surface area contributed by atoms with Crippen molar-refractivity contribution in [3.8, 4) is 5.75 Å². The Balaban J connectivity index is 3.08. The molecule has 1 rings (SSSR count). The van der Waals surface area contributed by atoms with Crippen molar-refractivity contribution in [3.63, 3.8) is 0 Å². The second kappa shape index (κ2) is 5.87. The Hall–Kier alpha value is 0.460. The minimum Gasteiger partial charge on any atom is -0.422 e. The van der Waals surface area contributed by atoms with Gasteiger partial charge in [-0.1, -0.05) is 34.8 Å². The maximum Gasteiger partial charge on any atom is 0.380 e. The van der Waals surface area contributed by atoms with Crippen LogP contribution in [0.5, 0.6) is 5.75 Å². The van der Waals surface area contributed by atoms with Gasteiger partial charge in [-0.3, -0.25) is 0 Å². The number of hydrogen-bond acceptors (Lipinski definition) is 4. The highest BCUT2D eigenvalue weighted by molar-refractivity contribution is 8.07. The van der Waals surface area contributed by atoms with Crippen LogP contribution in [0.2, 0.25) is 15.1 Å². The van der Waals surface area contributed by atoms with E-state index in [9.17, 15) is 0 Å². The summed E-state index contributed by atoms with van der Waals surface area (Å²) in [7, 11) is 2.80. The molecule has 0 unspecified atom stereocenters. The van der Waals surface area contributed by atoms with Crippen molar-refractivity contribution in [3.05, 3.63) is 27.2 Å². The number of halogens is 3. The molecule has 0 amide bonds. The fourth-order valence-electron chi connectivity index (χ4n) is 0.848. The molecule has 3 nitrogen and oxygen atoms in total. The lowest BCUT2D eigenvalue weighted by Crippen LogP contribution is -1.97. The number of rotatable bonds is 4. The van der Waals surface area contributed by atoms with Gasteiger partial charge in [-0.15, -0.1) is 0 Å². The summed E-state index contributed by atoms with van der Waals surface area (Å²) in [6.07, 6.45) is 0. The largest absolute Gasteiger partial charge is 0.422 e. The second-order valence-electron chi connectivity index (χ2n) is 2.58. The van der Waals surface area contributed by atoms with Crippen LogP contribution in [0, 0.1) is 0 Å². The fourth-order valence-corrected chi connectivity index (χ4v) is 2.40. The Labute approximate surface area is 114 Å². The third kappa shape index (κ3) is 3.23. The topological polar surface area (TPSA) is 27.7 Å². The Morgan fingerprint density at radius 2 is 1.62 bits per heavy atom. The van der Waals surface area contributed by atoms with Crippen molar-refractivity contribution in [1.82, 2.24) is 0 Å². The van der Waals surface area contributed by atoms with Crippen molar-refractivity contribution in [2.45, 2.75) is 0 Å². The summed E-state index contributed by atoms with van der Waals surface area (Å²) in [4.78, 5) is 0. The SMILES string of the molecule is COP(=S)(OC)Oc1ccc(Cl)c(Cl)c1Cl. The highest BCUT2D eigenvalue weighted by atomic mass is 35.5. The molecular weight excluding hydrogens is 313 g/mol. The zero-order valence-corrected chi connectivity index (χ0v) is 12.3. The maximum absolute atomic E-state index is 5.94. The molecule has 0 bridgehead atoms. The van der Waals surface area contributed by atoms with Crippen LogP contribution in [0.4, 0.5) is 0 Å². The van der Waals surface area contributed by atoms with E-state index in [0.717, 1.165) is 0 Å². The van der Waals surface area contributed by atoms with Gasteiger partial charge in [0.05, 0.1) is 10.0 Å². The molecule has 1 aromatic rings. The molecule has 8 heteroatoms. The molecule has 0 heterocycles. The quantitative estimate of drug-likeness (QED) is 0.601. The second-order valence-corrected chi connectivity index (χ2v) is 6.89. The Kier molecular flexibility index (Phi) is 5.33. The van der Waals surface area contributed by atoms with Crippen LogP contribution in [0.3, 0.4) is 0 Å². The Bertz CT molecular complexity index is 433. The first kappa shape index (κ1) is 14.5. The third-order valence-electron chi connectivity index (χ3n) is 1.66. The van der Waals surface area contributed by atoms with E-state index in [1.165, 1.54) is 14.2 Å². The van der Waals surface area contributed by atoms with Crippen molar-refractivity contribution in [2.24, 2.45) is 0 Å². The molecule has 0 N–H and O–H groups in total. The van der Waals surface area contributed by atoms with Gasteiger partial charge in [0.1, 0.15) is 10.8 Å². The van der Waals surface area contributed by atoms with Crippen LogP contribution >= 0.6 is 41.5 Å². The van der Waals surface area contributed by atoms with E-state index in [2.05, 4.69) is 0 Å². The zero-order chi connectivity index (χ0) is 12.3. The minimum absolute atomic E-state index is 0.178. The summed E-state index contributed by atoms with van der Waals surface area (Å²) in [5.41, 5.74) is 0. The van der Waals surface area contributed by atoms with E-state index in [0.29, 0.717) is 5.02 Å². The lowest BCUT2D eigenvalue weighted by molar-refractivity contribution is 0.273. The molecule has 1 aromatic carbocycles. The van der Waals surface area contributed by atoms with E-state index < -0.39 is 6.72 Å². The first-order valence-corrected chi connectivity index (χ1v) is 7.67. The van der Waals surface area contributed by atoms with Crippen molar-refractivity contribution >= 4 is 53.3 Å². The highest BCUT2D eigenvalue weighted by Gasteiger charge is 2.21. The maximum atomic E-state index is 5.94.